The number of hydrogen-bond acceptors (Lipinski definition) is 3. The molecule has 0 saturated heterocycles. The third-order valence-corrected chi connectivity index (χ3v) is 2.92. The molecule has 0 aliphatic rings. The Kier molecular flexibility index (Phi) is 5.38. The molecule has 5 heteroatoms. The smallest absolute Gasteiger partial charge is 0.412 e. The van der Waals surface area contributed by atoms with E-state index in [1.807, 2.05) is 45.9 Å². The molecule has 0 aliphatic carbocycles. The van der Waals surface area contributed by atoms with Crippen molar-refractivity contribution >= 4 is 27.7 Å². The first kappa shape index (κ1) is 16.0. The van der Waals surface area contributed by atoms with E-state index in [2.05, 4.69) is 21.2 Å². The van der Waals surface area contributed by atoms with E-state index in [4.69, 9.17) is 10.5 Å². The summed E-state index contributed by atoms with van der Waals surface area (Å²) in [7, 11) is 0. The Morgan fingerprint density at radius 2 is 2.11 bits per heavy atom. The number of nitrogens with one attached hydrogen (secondary N) is 1. The third-order valence-electron chi connectivity index (χ3n) is 2.22. The number of anilines is 1. The highest BCUT2D eigenvalue weighted by atomic mass is 79.9. The molecule has 0 aliphatic heterocycles. The van der Waals surface area contributed by atoms with Crippen LogP contribution in [0.4, 0.5) is 10.5 Å². The molecule has 0 saturated carbocycles. The molecule has 1 aromatic rings. The number of ether oxygens (including phenoxy) is 1. The summed E-state index contributed by atoms with van der Waals surface area (Å²) >= 11 is 3.40. The van der Waals surface area contributed by atoms with Crippen LogP contribution in [0.2, 0.25) is 0 Å². The van der Waals surface area contributed by atoms with Crippen molar-refractivity contribution in [3.05, 3.63) is 28.2 Å². The molecule has 3 N–H and O–H groups in total. The highest BCUT2D eigenvalue weighted by Crippen LogP contribution is 2.25. The number of benzene rings is 1. The van der Waals surface area contributed by atoms with Gasteiger partial charge in [-0.1, -0.05) is 6.07 Å². The van der Waals surface area contributed by atoms with Crippen LogP contribution in [0.1, 0.15) is 33.3 Å². The second-order valence-electron chi connectivity index (χ2n) is 5.62. The van der Waals surface area contributed by atoms with E-state index >= 15 is 0 Å². The van der Waals surface area contributed by atoms with Crippen molar-refractivity contribution in [1.29, 1.82) is 0 Å². The molecule has 0 spiro atoms. The molecule has 106 valence electrons. The van der Waals surface area contributed by atoms with Crippen molar-refractivity contribution in [3.63, 3.8) is 0 Å². The molecule has 1 atom stereocenters. The number of halogens is 1. The molecule has 1 amide bonds. The second kappa shape index (κ2) is 6.39. The Hall–Kier alpha value is -1.07. The number of amides is 1. The molecular formula is C14H21BrN2O2. The molecule has 4 nitrogen and oxygen atoms in total. The number of rotatable bonds is 3. The fourth-order valence-electron chi connectivity index (χ4n) is 1.58. The molecule has 0 unspecified atom stereocenters. The van der Waals surface area contributed by atoms with Gasteiger partial charge in [0.05, 0.1) is 5.69 Å². The lowest BCUT2D eigenvalue weighted by atomic mass is 10.1. The summed E-state index contributed by atoms with van der Waals surface area (Å²) in [6, 6.07) is 5.85. The molecule has 0 aromatic heterocycles. The fraction of sp³-hybridized carbons (Fsp3) is 0.500. The average Bonchev–Trinajstić information content (AvgIpc) is 2.19. The van der Waals surface area contributed by atoms with Gasteiger partial charge < -0.3 is 10.5 Å². The molecule has 1 rings (SSSR count). The molecule has 19 heavy (non-hydrogen) atoms. The van der Waals surface area contributed by atoms with Crippen LogP contribution in [0.5, 0.6) is 0 Å². The third kappa shape index (κ3) is 6.07. The standard InChI is InChI=1S/C14H21BrN2O2/c1-9(16)7-10-5-6-11(15)12(8-10)17-13(18)19-14(2,3)4/h5-6,8-9H,7,16H2,1-4H3,(H,17,18)/t9-/m0/s1. The van der Waals surface area contributed by atoms with Gasteiger partial charge in [0.2, 0.25) is 0 Å². The van der Waals surface area contributed by atoms with Crippen LogP contribution in [0.15, 0.2) is 22.7 Å². The topological polar surface area (TPSA) is 64.3 Å². The summed E-state index contributed by atoms with van der Waals surface area (Å²) in [5.41, 5.74) is 7.02. The molecule has 0 radical (unpaired) electrons. The van der Waals surface area contributed by atoms with Crippen LogP contribution >= 0.6 is 15.9 Å². The van der Waals surface area contributed by atoms with Crippen molar-refractivity contribution < 1.29 is 9.53 Å². The zero-order valence-corrected chi connectivity index (χ0v) is 13.4. The van der Waals surface area contributed by atoms with Gasteiger partial charge in [-0.05, 0) is 67.7 Å². The van der Waals surface area contributed by atoms with Crippen molar-refractivity contribution in [2.75, 3.05) is 5.32 Å². The lowest BCUT2D eigenvalue weighted by Gasteiger charge is -2.20. The Balaban J connectivity index is 2.79. The fourth-order valence-corrected chi connectivity index (χ4v) is 1.93. The maximum absolute atomic E-state index is 11.7. The minimum atomic E-state index is -0.514. The monoisotopic (exact) mass is 328 g/mol. The van der Waals surface area contributed by atoms with Crippen LogP contribution < -0.4 is 11.1 Å². The van der Waals surface area contributed by atoms with Gasteiger partial charge in [-0.15, -0.1) is 0 Å². The Morgan fingerprint density at radius 1 is 1.47 bits per heavy atom. The quantitative estimate of drug-likeness (QED) is 0.889. The molecule has 1 aromatic carbocycles. The van der Waals surface area contributed by atoms with Crippen LogP contribution in [0, 0.1) is 0 Å². The molecule has 0 fully saturated rings. The number of nitrogens with two attached hydrogens (primary N) is 1. The Labute approximate surface area is 122 Å². The number of carbonyl (C=O) groups is 1. The predicted octanol–water partition coefficient (Wildman–Crippen LogP) is 3.69. The van der Waals surface area contributed by atoms with Crippen LogP contribution in [0.25, 0.3) is 0 Å². The van der Waals surface area contributed by atoms with E-state index in [-0.39, 0.29) is 6.04 Å². The Bertz CT molecular complexity index is 453. The van der Waals surface area contributed by atoms with E-state index in [1.165, 1.54) is 0 Å². The lowest BCUT2D eigenvalue weighted by molar-refractivity contribution is 0.0636. The predicted molar refractivity (Wildman–Crippen MR) is 81.4 cm³/mol. The van der Waals surface area contributed by atoms with Crippen molar-refractivity contribution in [2.24, 2.45) is 5.73 Å². The lowest BCUT2D eigenvalue weighted by Crippen LogP contribution is -2.27. The van der Waals surface area contributed by atoms with E-state index in [0.717, 1.165) is 16.5 Å². The largest absolute Gasteiger partial charge is 0.444 e. The van der Waals surface area contributed by atoms with Gasteiger partial charge in [0, 0.05) is 10.5 Å². The second-order valence-corrected chi connectivity index (χ2v) is 6.48. The summed E-state index contributed by atoms with van der Waals surface area (Å²) < 4.78 is 6.03. The summed E-state index contributed by atoms with van der Waals surface area (Å²) in [6.45, 7) is 7.43. The maximum atomic E-state index is 11.7. The van der Waals surface area contributed by atoms with Gasteiger partial charge in [0.1, 0.15) is 5.60 Å². The minimum Gasteiger partial charge on any atom is -0.444 e. The number of hydrogen-bond donors (Lipinski definition) is 2. The first-order valence-corrected chi connectivity index (χ1v) is 7.00. The van der Waals surface area contributed by atoms with E-state index in [0.29, 0.717) is 5.69 Å². The van der Waals surface area contributed by atoms with Gasteiger partial charge in [0.15, 0.2) is 0 Å². The van der Waals surface area contributed by atoms with Gasteiger partial charge in [-0.2, -0.15) is 0 Å². The average molecular weight is 329 g/mol. The molecular weight excluding hydrogens is 308 g/mol. The van der Waals surface area contributed by atoms with Gasteiger partial charge in [-0.3, -0.25) is 5.32 Å². The van der Waals surface area contributed by atoms with Gasteiger partial charge in [0.25, 0.3) is 0 Å². The summed E-state index contributed by atoms with van der Waals surface area (Å²) in [4.78, 5) is 11.7. The highest BCUT2D eigenvalue weighted by molar-refractivity contribution is 9.10. The van der Waals surface area contributed by atoms with E-state index in [9.17, 15) is 4.79 Å². The van der Waals surface area contributed by atoms with E-state index in [1.54, 1.807) is 0 Å². The summed E-state index contributed by atoms with van der Waals surface area (Å²) in [5.74, 6) is 0. The SMILES string of the molecule is C[C@H](N)Cc1ccc(Br)c(NC(=O)OC(C)(C)C)c1. The zero-order chi connectivity index (χ0) is 14.6. The highest BCUT2D eigenvalue weighted by Gasteiger charge is 2.17. The van der Waals surface area contributed by atoms with Crippen molar-refractivity contribution in [1.82, 2.24) is 0 Å². The zero-order valence-electron chi connectivity index (χ0n) is 11.8. The van der Waals surface area contributed by atoms with Crippen molar-refractivity contribution in [2.45, 2.75) is 45.8 Å². The van der Waals surface area contributed by atoms with Crippen molar-refractivity contribution in [3.8, 4) is 0 Å². The van der Waals surface area contributed by atoms with Crippen LogP contribution in [-0.4, -0.2) is 17.7 Å². The minimum absolute atomic E-state index is 0.0792. The van der Waals surface area contributed by atoms with Gasteiger partial charge in [-0.25, -0.2) is 4.79 Å². The molecule has 0 bridgehead atoms. The molecule has 0 heterocycles. The normalized spacial score (nSPS) is 12.9. The number of carbonyl (C=O) groups excluding carboxylic acids is 1. The van der Waals surface area contributed by atoms with Gasteiger partial charge >= 0.3 is 6.09 Å². The van der Waals surface area contributed by atoms with Crippen LogP contribution in [0.3, 0.4) is 0 Å². The summed E-state index contributed by atoms with van der Waals surface area (Å²) in [6.07, 6.45) is 0.294. The first-order valence-electron chi connectivity index (χ1n) is 6.21. The van der Waals surface area contributed by atoms with Crippen LogP contribution in [-0.2, 0) is 11.2 Å². The summed E-state index contributed by atoms with van der Waals surface area (Å²) in [5, 5.41) is 2.73. The first-order chi connectivity index (χ1) is 8.67. The van der Waals surface area contributed by atoms with E-state index < -0.39 is 11.7 Å². The Morgan fingerprint density at radius 3 is 2.63 bits per heavy atom. The maximum Gasteiger partial charge on any atom is 0.412 e.